The third kappa shape index (κ3) is 6.65. The molecule has 2 aromatic rings. The lowest BCUT2D eigenvalue weighted by atomic mass is 9.86. The lowest BCUT2D eigenvalue weighted by Crippen LogP contribution is -2.41. The lowest BCUT2D eigenvalue weighted by Gasteiger charge is -2.29. The topological polar surface area (TPSA) is 98.7 Å². The van der Waals surface area contributed by atoms with Crippen molar-refractivity contribution in [3.05, 3.63) is 71.8 Å². The number of rotatable bonds is 6. The van der Waals surface area contributed by atoms with Gasteiger partial charge in [0.05, 0.1) is 11.8 Å². The van der Waals surface area contributed by atoms with E-state index >= 15 is 0 Å². The zero-order chi connectivity index (χ0) is 22.8. The molecular weight excluding hydrogens is 404 g/mol. The first-order valence-corrected chi connectivity index (χ1v) is 11.6. The van der Waals surface area contributed by atoms with Crippen LogP contribution in [-0.4, -0.2) is 47.3 Å². The number of benzene rings is 2. The molecule has 0 radical (unpaired) electrons. The van der Waals surface area contributed by atoms with Crippen LogP contribution >= 0.6 is 0 Å². The Kier molecular flexibility index (Phi) is 9.26. The van der Waals surface area contributed by atoms with Gasteiger partial charge in [0.1, 0.15) is 0 Å². The van der Waals surface area contributed by atoms with Gasteiger partial charge in [-0.25, -0.2) is 0 Å². The largest absolute Gasteiger partial charge is 0.481 e. The van der Waals surface area contributed by atoms with E-state index in [0.29, 0.717) is 0 Å². The summed E-state index contributed by atoms with van der Waals surface area (Å²) in [5, 5.41) is 25.3. The number of carboxylic acids is 2. The van der Waals surface area contributed by atoms with Crippen LogP contribution in [0.5, 0.6) is 0 Å². The molecule has 0 bridgehead atoms. The van der Waals surface area contributed by atoms with E-state index in [1.165, 1.54) is 0 Å². The molecule has 2 aliphatic heterocycles. The maximum atomic E-state index is 11.4. The van der Waals surface area contributed by atoms with Gasteiger partial charge in [-0.05, 0) is 49.9 Å². The second-order valence-electron chi connectivity index (χ2n) is 8.57. The minimum absolute atomic E-state index is 0.0775. The molecule has 0 unspecified atom stereocenters. The van der Waals surface area contributed by atoms with Crippen LogP contribution in [0.4, 0.5) is 0 Å². The monoisotopic (exact) mass is 438 g/mol. The average Bonchev–Trinajstić information content (AvgIpc) is 2.82. The molecule has 0 aliphatic carbocycles. The Balaban J connectivity index is 0.000000181. The number of nitrogens with one attached hydrogen (secondary N) is 2. The van der Waals surface area contributed by atoms with E-state index in [0.717, 1.165) is 62.7 Å². The van der Waals surface area contributed by atoms with Gasteiger partial charge in [0.15, 0.2) is 0 Å². The molecular formula is C26H34N2O4. The van der Waals surface area contributed by atoms with E-state index in [-0.39, 0.29) is 12.1 Å². The van der Waals surface area contributed by atoms with Crippen molar-refractivity contribution in [3.63, 3.8) is 0 Å². The number of carbonyl (C=O) groups is 2. The van der Waals surface area contributed by atoms with Gasteiger partial charge >= 0.3 is 11.9 Å². The van der Waals surface area contributed by atoms with Crippen molar-refractivity contribution in [2.75, 3.05) is 13.1 Å². The minimum atomic E-state index is -0.731. The molecule has 2 saturated heterocycles. The van der Waals surface area contributed by atoms with Gasteiger partial charge < -0.3 is 20.8 Å². The first-order chi connectivity index (χ1) is 15.6. The van der Waals surface area contributed by atoms with Gasteiger partial charge in [-0.1, -0.05) is 73.5 Å². The number of aliphatic carboxylic acids is 2. The van der Waals surface area contributed by atoms with Gasteiger partial charge in [-0.15, -0.1) is 0 Å². The average molecular weight is 439 g/mol. The van der Waals surface area contributed by atoms with Crippen LogP contribution in [0, 0.1) is 0 Å². The summed E-state index contributed by atoms with van der Waals surface area (Å²) in [4.78, 5) is 22.7. The van der Waals surface area contributed by atoms with Crippen LogP contribution in [0.2, 0.25) is 0 Å². The molecule has 0 saturated carbocycles. The fraction of sp³-hybridized carbons (Fsp3) is 0.462. The maximum absolute atomic E-state index is 11.4. The van der Waals surface area contributed by atoms with Crippen LogP contribution in [0.15, 0.2) is 60.7 Å². The van der Waals surface area contributed by atoms with Crippen LogP contribution in [-0.2, 0) is 9.59 Å². The Morgan fingerprint density at radius 3 is 1.31 bits per heavy atom. The molecule has 172 valence electrons. The van der Waals surface area contributed by atoms with Crippen LogP contribution in [0.3, 0.4) is 0 Å². The van der Waals surface area contributed by atoms with Crippen molar-refractivity contribution in [3.8, 4) is 0 Å². The SMILES string of the molecule is O=C(O)[C@@H](c1ccccc1)[C@@H]1CCCCN1.O=C(O)[C@H](c1ccccc1)[C@H]1CCCCN1. The molecule has 0 aromatic heterocycles. The fourth-order valence-corrected chi connectivity index (χ4v) is 4.74. The highest BCUT2D eigenvalue weighted by Gasteiger charge is 2.31. The first-order valence-electron chi connectivity index (χ1n) is 11.6. The zero-order valence-corrected chi connectivity index (χ0v) is 18.5. The van der Waals surface area contributed by atoms with E-state index in [9.17, 15) is 19.8 Å². The second-order valence-corrected chi connectivity index (χ2v) is 8.57. The first kappa shape index (κ1) is 24.0. The van der Waals surface area contributed by atoms with Gasteiger partial charge in [-0.3, -0.25) is 9.59 Å². The van der Waals surface area contributed by atoms with E-state index in [1.807, 2.05) is 60.7 Å². The summed E-state index contributed by atoms with van der Waals surface area (Å²) in [7, 11) is 0. The molecule has 2 aromatic carbocycles. The van der Waals surface area contributed by atoms with E-state index in [4.69, 9.17) is 0 Å². The number of hydrogen-bond donors (Lipinski definition) is 4. The number of carboxylic acid groups (broad SMARTS) is 2. The maximum Gasteiger partial charge on any atom is 0.312 e. The molecule has 6 nitrogen and oxygen atoms in total. The Labute approximate surface area is 190 Å². The summed E-state index contributed by atoms with van der Waals surface area (Å²) < 4.78 is 0. The molecule has 4 N–H and O–H groups in total. The Morgan fingerprint density at radius 1 is 0.656 bits per heavy atom. The number of hydrogen-bond acceptors (Lipinski definition) is 4. The fourth-order valence-electron chi connectivity index (χ4n) is 4.74. The number of piperidine rings is 2. The molecule has 4 rings (SSSR count). The highest BCUT2D eigenvalue weighted by atomic mass is 16.4. The molecule has 0 amide bonds. The van der Waals surface area contributed by atoms with Crippen LogP contribution in [0.25, 0.3) is 0 Å². The Hall–Kier alpha value is -2.70. The normalized spacial score (nSPS) is 22.6. The van der Waals surface area contributed by atoms with Crippen molar-refractivity contribution in [2.45, 2.75) is 62.4 Å². The highest BCUT2D eigenvalue weighted by Crippen LogP contribution is 2.26. The summed E-state index contributed by atoms with van der Waals surface area (Å²) in [6, 6.07) is 19.2. The van der Waals surface area contributed by atoms with Crippen molar-refractivity contribution in [1.29, 1.82) is 0 Å². The highest BCUT2D eigenvalue weighted by molar-refractivity contribution is 5.77. The lowest BCUT2D eigenvalue weighted by molar-refractivity contribution is -0.140. The van der Waals surface area contributed by atoms with Crippen molar-refractivity contribution < 1.29 is 19.8 Å². The minimum Gasteiger partial charge on any atom is -0.481 e. The van der Waals surface area contributed by atoms with Crippen molar-refractivity contribution in [1.82, 2.24) is 10.6 Å². The predicted molar refractivity (Wildman–Crippen MR) is 125 cm³/mol. The van der Waals surface area contributed by atoms with Gasteiger partial charge in [0, 0.05) is 12.1 Å². The van der Waals surface area contributed by atoms with E-state index in [2.05, 4.69) is 10.6 Å². The summed E-state index contributed by atoms with van der Waals surface area (Å²) in [6.07, 6.45) is 6.44. The summed E-state index contributed by atoms with van der Waals surface area (Å²) in [6.45, 7) is 1.86. The third-order valence-corrected chi connectivity index (χ3v) is 6.35. The van der Waals surface area contributed by atoms with Gasteiger partial charge in [-0.2, -0.15) is 0 Å². The van der Waals surface area contributed by atoms with E-state index < -0.39 is 23.8 Å². The van der Waals surface area contributed by atoms with E-state index in [1.54, 1.807) is 0 Å². The Bertz CT molecular complexity index is 760. The van der Waals surface area contributed by atoms with Crippen molar-refractivity contribution in [2.24, 2.45) is 0 Å². The molecule has 32 heavy (non-hydrogen) atoms. The molecule has 2 heterocycles. The Morgan fingerprint density at radius 2 is 1.03 bits per heavy atom. The summed E-state index contributed by atoms with van der Waals surface area (Å²) >= 11 is 0. The third-order valence-electron chi connectivity index (χ3n) is 6.35. The molecule has 2 fully saturated rings. The smallest absolute Gasteiger partial charge is 0.312 e. The zero-order valence-electron chi connectivity index (χ0n) is 18.5. The standard InChI is InChI=1S/2C13H17NO2/c2*15-13(16)12(10-6-2-1-3-7-10)11-8-4-5-9-14-11/h2*1-3,6-7,11-12,14H,4-5,8-9H2,(H,15,16)/t2*11-,12-/m10/s1. The molecule has 4 atom stereocenters. The van der Waals surface area contributed by atoms with Crippen molar-refractivity contribution >= 4 is 11.9 Å². The van der Waals surface area contributed by atoms with Gasteiger partial charge in [0.2, 0.25) is 0 Å². The van der Waals surface area contributed by atoms with Crippen LogP contribution in [0.1, 0.15) is 61.5 Å². The van der Waals surface area contributed by atoms with Crippen LogP contribution < -0.4 is 10.6 Å². The summed E-state index contributed by atoms with van der Waals surface area (Å²) in [5.41, 5.74) is 1.80. The second kappa shape index (κ2) is 12.4. The molecule has 0 spiro atoms. The molecule has 6 heteroatoms. The molecule has 2 aliphatic rings. The predicted octanol–water partition coefficient (Wildman–Crippen LogP) is 3.99. The summed E-state index contributed by atoms with van der Waals surface area (Å²) in [5.74, 6) is -2.29. The van der Waals surface area contributed by atoms with Gasteiger partial charge in [0.25, 0.3) is 0 Å². The quantitative estimate of drug-likeness (QED) is 0.544.